The fourth-order valence-corrected chi connectivity index (χ4v) is 3.18. The molecule has 0 radical (unpaired) electrons. The van der Waals surface area contributed by atoms with Gasteiger partial charge < -0.3 is 14.1 Å². The molecule has 30 heavy (non-hydrogen) atoms. The average molecular weight is 426 g/mol. The van der Waals surface area contributed by atoms with E-state index in [2.05, 4.69) is 4.98 Å². The predicted octanol–water partition coefficient (Wildman–Crippen LogP) is 4.69. The summed E-state index contributed by atoms with van der Waals surface area (Å²) in [4.78, 5) is 25.5. The normalized spacial score (nSPS) is 11.0. The number of aromatic nitrogens is 1. The summed E-state index contributed by atoms with van der Waals surface area (Å²) in [5, 5.41) is 21.4. The van der Waals surface area contributed by atoms with Gasteiger partial charge in [0.1, 0.15) is 28.8 Å². The van der Waals surface area contributed by atoms with E-state index in [1.807, 2.05) is 13.0 Å². The number of benzene rings is 1. The lowest BCUT2D eigenvalue weighted by Crippen LogP contribution is -2.18. The van der Waals surface area contributed by atoms with Crippen LogP contribution >= 0.6 is 11.6 Å². The van der Waals surface area contributed by atoms with Crippen molar-refractivity contribution in [1.29, 1.82) is 5.26 Å². The van der Waals surface area contributed by atoms with E-state index in [-0.39, 0.29) is 23.4 Å². The first-order valence-corrected chi connectivity index (χ1v) is 9.10. The third kappa shape index (κ3) is 4.17. The highest BCUT2D eigenvalue weighted by Crippen LogP contribution is 2.30. The molecule has 0 saturated heterocycles. The molecule has 0 aliphatic rings. The van der Waals surface area contributed by atoms with Crippen LogP contribution in [0.3, 0.4) is 0 Å². The van der Waals surface area contributed by atoms with Gasteiger partial charge in [0.2, 0.25) is 0 Å². The number of nitriles is 1. The van der Waals surface area contributed by atoms with Crippen LogP contribution in [0.4, 0.5) is 5.69 Å². The standard InChI is InChI=1S/C21H16ClN3O5/c1-12-3-4-13(22)9-15(12)19-8-6-14(30-19)5-7-18-20(25(27)28)17(11-29-2)16(10-23)21(26)24-18/h3-9H,11H2,1-2H3,(H,24,26)/b7-5+. The SMILES string of the molecule is COCc1c([N+](=O)[O-])c(/C=C/c2ccc(-c3cc(Cl)ccc3C)o2)[nH]c(=O)c1C#N. The van der Waals surface area contributed by atoms with E-state index in [9.17, 15) is 20.2 Å². The van der Waals surface area contributed by atoms with Crippen LogP contribution in [0.25, 0.3) is 23.5 Å². The molecule has 8 nitrogen and oxygen atoms in total. The molecule has 2 aromatic heterocycles. The van der Waals surface area contributed by atoms with E-state index in [0.717, 1.165) is 11.1 Å². The zero-order valence-corrected chi connectivity index (χ0v) is 16.8. The molecule has 0 fully saturated rings. The number of furan rings is 1. The summed E-state index contributed by atoms with van der Waals surface area (Å²) in [6.45, 7) is 1.68. The lowest BCUT2D eigenvalue weighted by molar-refractivity contribution is -0.386. The molecular formula is C21H16ClN3O5. The summed E-state index contributed by atoms with van der Waals surface area (Å²) in [5.41, 5.74) is 0.169. The van der Waals surface area contributed by atoms with Gasteiger partial charge in [-0.25, -0.2) is 0 Å². The Bertz CT molecular complexity index is 1250. The number of aryl methyl sites for hydroxylation is 1. The van der Waals surface area contributed by atoms with Crippen LogP contribution in [0.15, 0.2) is 39.5 Å². The molecule has 0 amide bonds. The summed E-state index contributed by atoms with van der Waals surface area (Å²) in [6.07, 6.45) is 2.84. The van der Waals surface area contributed by atoms with Crippen molar-refractivity contribution < 1.29 is 14.1 Å². The van der Waals surface area contributed by atoms with Crippen molar-refractivity contribution in [2.45, 2.75) is 13.5 Å². The van der Waals surface area contributed by atoms with Gasteiger partial charge in [-0.15, -0.1) is 0 Å². The first-order valence-electron chi connectivity index (χ1n) is 8.72. The van der Waals surface area contributed by atoms with E-state index >= 15 is 0 Å². The molecule has 1 N–H and O–H groups in total. The fraction of sp³-hybridized carbons (Fsp3) is 0.143. The van der Waals surface area contributed by atoms with Crippen LogP contribution in [0, 0.1) is 28.4 Å². The number of ether oxygens (including phenoxy) is 1. The molecule has 9 heteroatoms. The van der Waals surface area contributed by atoms with Gasteiger partial charge in [-0.1, -0.05) is 17.7 Å². The summed E-state index contributed by atoms with van der Waals surface area (Å²) < 4.78 is 10.7. The number of nitro groups is 1. The Morgan fingerprint density at radius 1 is 1.33 bits per heavy atom. The fourth-order valence-electron chi connectivity index (χ4n) is 3.01. The highest BCUT2D eigenvalue weighted by atomic mass is 35.5. The van der Waals surface area contributed by atoms with Crippen LogP contribution in [-0.4, -0.2) is 17.0 Å². The topological polar surface area (TPSA) is 122 Å². The van der Waals surface area contributed by atoms with Gasteiger partial charge in [0.15, 0.2) is 0 Å². The molecule has 0 aliphatic carbocycles. The molecule has 3 aromatic rings. The van der Waals surface area contributed by atoms with Crippen LogP contribution < -0.4 is 5.56 Å². The maximum absolute atomic E-state index is 12.2. The van der Waals surface area contributed by atoms with Crippen molar-refractivity contribution in [3.05, 3.63) is 84.0 Å². The summed E-state index contributed by atoms with van der Waals surface area (Å²) in [7, 11) is 1.32. The first-order chi connectivity index (χ1) is 14.3. The number of hydrogen-bond acceptors (Lipinski definition) is 6. The lowest BCUT2D eigenvalue weighted by Gasteiger charge is -2.06. The molecule has 3 rings (SSSR count). The van der Waals surface area contributed by atoms with Crippen molar-refractivity contribution in [2.75, 3.05) is 7.11 Å². The van der Waals surface area contributed by atoms with Gasteiger partial charge in [0.25, 0.3) is 11.2 Å². The van der Waals surface area contributed by atoms with E-state index in [0.29, 0.717) is 16.5 Å². The highest BCUT2D eigenvalue weighted by molar-refractivity contribution is 6.30. The van der Waals surface area contributed by atoms with Gasteiger partial charge in [-0.2, -0.15) is 5.26 Å². The zero-order valence-electron chi connectivity index (χ0n) is 16.1. The molecule has 152 valence electrons. The smallest absolute Gasteiger partial charge is 0.299 e. The van der Waals surface area contributed by atoms with Gasteiger partial charge in [0.05, 0.1) is 17.1 Å². The highest BCUT2D eigenvalue weighted by Gasteiger charge is 2.25. The molecule has 0 unspecified atom stereocenters. The van der Waals surface area contributed by atoms with E-state index in [4.69, 9.17) is 20.8 Å². The van der Waals surface area contributed by atoms with Crippen LogP contribution in [0.1, 0.15) is 28.1 Å². The Hall–Kier alpha value is -3.67. The number of rotatable bonds is 6. The van der Waals surface area contributed by atoms with Crippen LogP contribution in [0.2, 0.25) is 5.02 Å². The summed E-state index contributed by atoms with van der Waals surface area (Å²) in [6, 6.07) is 10.6. The van der Waals surface area contributed by atoms with Crippen LogP contribution in [0.5, 0.6) is 0 Å². The number of H-pyrrole nitrogens is 1. The number of hydrogen-bond donors (Lipinski definition) is 1. The second-order valence-corrected chi connectivity index (χ2v) is 6.80. The molecular weight excluding hydrogens is 410 g/mol. The first kappa shape index (κ1) is 21.0. The maximum Gasteiger partial charge on any atom is 0.299 e. The van der Waals surface area contributed by atoms with Crippen molar-refractivity contribution in [3.63, 3.8) is 0 Å². The Labute approximate surface area is 176 Å². The van der Waals surface area contributed by atoms with Crippen molar-refractivity contribution in [3.8, 4) is 17.4 Å². The van der Waals surface area contributed by atoms with Crippen molar-refractivity contribution in [1.82, 2.24) is 4.98 Å². The molecule has 0 bridgehead atoms. The minimum absolute atomic E-state index is 0.0621. The Kier molecular flexibility index (Phi) is 6.16. The van der Waals surface area contributed by atoms with E-state index in [1.54, 1.807) is 30.3 Å². The van der Waals surface area contributed by atoms with E-state index in [1.165, 1.54) is 19.3 Å². The second-order valence-electron chi connectivity index (χ2n) is 6.37. The van der Waals surface area contributed by atoms with Gasteiger partial charge in [-0.3, -0.25) is 14.9 Å². The number of nitrogens with zero attached hydrogens (tertiary/aromatic N) is 2. The third-order valence-corrected chi connectivity index (χ3v) is 4.64. The Morgan fingerprint density at radius 3 is 2.77 bits per heavy atom. The average Bonchev–Trinajstić information content (AvgIpc) is 3.17. The van der Waals surface area contributed by atoms with E-state index < -0.39 is 16.2 Å². The monoisotopic (exact) mass is 425 g/mol. The number of nitrogens with one attached hydrogen (secondary N) is 1. The number of aromatic amines is 1. The zero-order chi connectivity index (χ0) is 21.8. The quantitative estimate of drug-likeness (QED) is 0.451. The second kappa shape index (κ2) is 8.78. The van der Waals surface area contributed by atoms with Crippen LogP contribution in [-0.2, 0) is 11.3 Å². The molecule has 0 atom stereocenters. The molecule has 1 aromatic carbocycles. The predicted molar refractivity (Wildman–Crippen MR) is 112 cm³/mol. The Balaban J connectivity index is 2.04. The molecule has 0 saturated carbocycles. The van der Waals surface area contributed by atoms with Gasteiger partial charge >= 0.3 is 0 Å². The summed E-state index contributed by atoms with van der Waals surface area (Å²) >= 11 is 6.06. The summed E-state index contributed by atoms with van der Waals surface area (Å²) in [5.74, 6) is 0.995. The minimum atomic E-state index is -0.732. The molecule has 0 spiro atoms. The Morgan fingerprint density at radius 2 is 2.10 bits per heavy atom. The lowest BCUT2D eigenvalue weighted by atomic mass is 10.1. The minimum Gasteiger partial charge on any atom is -0.457 e. The van der Waals surface area contributed by atoms with Crippen molar-refractivity contribution in [2.24, 2.45) is 0 Å². The third-order valence-electron chi connectivity index (χ3n) is 4.41. The number of halogens is 1. The maximum atomic E-state index is 12.2. The largest absolute Gasteiger partial charge is 0.457 e. The van der Waals surface area contributed by atoms with Gasteiger partial charge in [-0.05, 0) is 48.9 Å². The van der Waals surface area contributed by atoms with Gasteiger partial charge in [0, 0.05) is 17.7 Å². The number of methoxy groups -OCH3 is 1. The number of pyridine rings is 1. The molecule has 2 heterocycles. The molecule has 0 aliphatic heterocycles. The van der Waals surface area contributed by atoms with Crippen molar-refractivity contribution >= 4 is 29.4 Å².